The predicted octanol–water partition coefficient (Wildman–Crippen LogP) is 8.29. The van der Waals surface area contributed by atoms with Gasteiger partial charge in [-0.25, -0.2) is 4.98 Å². The van der Waals surface area contributed by atoms with Crippen molar-refractivity contribution in [2.45, 2.75) is 51.0 Å². The molecule has 7 rings (SSSR count). The molecule has 0 saturated carbocycles. The number of fused-ring (bicyclic) bond motifs is 3. The van der Waals surface area contributed by atoms with Crippen LogP contribution in [0.1, 0.15) is 66.7 Å². The second-order valence-electron chi connectivity index (χ2n) is 12.8. The van der Waals surface area contributed by atoms with Gasteiger partial charge >= 0.3 is 0 Å². The highest BCUT2D eigenvalue weighted by Crippen LogP contribution is 2.38. The minimum absolute atomic E-state index is 0.00709. The monoisotopic (exact) mass is 682 g/mol. The predicted molar refractivity (Wildman–Crippen MR) is 202 cm³/mol. The van der Waals surface area contributed by atoms with E-state index >= 15 is 0 Å². The summed E-state index contributed by atoms with van der Waals surface area (Å²) in [5.74, 6) is 2.50. The van der Waals surface area contributed by atoms with E-state index in [0.717, 1.165) is 68.5 Å². The molecule has 51 heavy (non-hydrogen) atoms. The molecule has 0 aliphatic carbocycles. The molecular formula is C42H42N4O5. The topological polar surface area (TPSA) is 95.2 Å². The van der Waals surface area contributed by atoms with E-state index in [2.05, 4.69) is 4.99 Å². The number of para-hydroxylation sites is 1. The fourth-order valence-corrected chi connectivity index (χ4v) is 6.66. The maximum Gasteiger partial charge on any atom is 0.266 e. The van der Waals surface area contributed by atoms with Gasteiger partial charge in [0, 0.05) is 18.8 Å². The number of unbranched alkanes of at least 4 members (excludes halogenated alkanes) is 4. The van der Waals surface area contributed by atoms with E-state index < -0.39 is 0 Å². The van der Waals surface area contributed by atoms with Crippen LogP contribution in [0.15, 0.2) is 101 Å². The van der Waals surface area contributed by atoms with Crippen molar-refractivity contribution in [3.05, 3.63) is 118 Å². The van der Waals surface area contributed by atoms with Crippen LogP contribution in [0.4, 0.5) is 5.69 Å². The van der Waals surface area contributed by atoms with Crippen molar-refractivity contribution in [2.24, 2.45) is 4.99 Å². The van der Waals surface area contributed by atoms with Gasteiger partial charge in [-0.05, 0) is 79.8 Å². The SMILES string of the molecule is COc1cc2c(cc1OCCCCCCCOc1ccc(-n3c(/C=C/c4ccccc4)nc4ccccc4c3=O)cc1)N=C[C@@H]1CCCN1C2=O. The van der Waals surface area contributed by atoms with Crippen LogP contribution < -0.4 is 19.8 Å². The Bertz CT molecular complexity index is 2110. The van der Waals surface area contributed by atoms with Crippen molar-refractivity contribution >= 4 is 40.9 Å². The lowest BCUT2D eigenvalue weighted by Gasteiger charge is -2.20. The molecule has 0 N–H and O–H groups in total. The number of hydrogen-bond acceptors (Lipinski definition) is 7. The molecule has 0 radical (unpaired) electrons. The molecule has 1 fully saturated rings. The first-order valence-corrected chi connectivity index (χ1v) is 17.8. The van der Waals surface area contributed by atoms with Gasteiger partial charge in [0.05, 0.1) is 54.2 Å². The molecule has 0 spiro atoms. The third kappa shape index (κ3) is 7.72. The van der Waals surface area contributed by atoms with E-state index in [4.69, 9.17) is 19.2 Å². The lowest BCUT2D eigenvalue weighted by molar-refractivity contribution is 0.0774. The van der Waals surface area contributed by atoms with E-state index in [1.54, 1.807) is 17.7 Å². The number of rotatable bonds is 14. The zero-order valence-corrected chi connectivity index (χ0v) is 28.9. The number of methoxy groups -OCH3 is 1. The van der Waals surface area contributed by atoms with Gasteiger partial charge in [0.25, 0.3) is 11.5 Å². The molecule has 4 aromatic carbocycles. The van der Waals surface area contributed by atoms with Crippen molar-refractivity contribution in [1.29, 1.82) is 0 Å². The van der Waals surface area contributed by atoms with E-state index in [0.29, 0.717) is 52.7 Å². The van der Waals surface area contributed by atoms with Gasteiger partial charge in [0.1, 0.15) is 11.6 Å². The molecule has 2 aliphatic heterocycles. The molecule has 1 atom stereocenters. The Morgan fingerprint density at radius 3 is 2.35 bits per heavy atom. The Hall–Kier alpha value is -5.70. The molecule has 0 unspecified atom stereocenters. The number of aliphatic imine (C=N–C) groups is 1. The zero-order valence-electron chi connectivity index (χ0n) is 28.9. The van der Waals surface area contributed by atoms with Gasteiger partial charge in [-0.1, -0.05) is 67.8 Å². The minimum Gasteiger partial charge on any atom is -0.494 e. The van der Waals surface area contributed by atoms with Crippen LogP contribution in [0, 0.1) is 0 Å². The number of carbonyl (C=O) groups is 1. The van der Waals surface area contributed by atoms with Crippen molar-refractivity contribution < 1.29 is 19.0 Å². The maximum atomic E-state index is 13.6. The van der Waals surface area contributed by atoms with Gasteiger partial charge in [-0.15, -0.1) is 0 Å². The van der Waals surface area contributed by atoms with E-state index in [9.17, 15) is 9.59 Å². The van der Waals surface area contributed by atoms with Crippen LogP contribution in [0.3, 0.4) is 0 Å². The van der Waals surface area contributed by atoms with Gasteiger partial charge in [0.15, 0.2) is 11.5 Å². The fourth-order valence-electron chi connectivity index (χ4n) is 6.66. The highest BCUT2D eigenvalue weighted by atomic mass is 16.5. The molecule has 9 heteroatoms. The molecule has 1 aromatic heterocycles. The molecule has 3 heterocycles. The zero-order chi connectivity index (χ0) is 35.0. The summed E-state index contributed by atoms with van der Waals surface area (Å²) in [5, 5.41) is 0.572. The first-order valence-electron chi connectivity index (χ1n) is 17.8. The first kappa shape index (κ1) is 33.8. The van der Waals surface area contributed by atoms with Gasteiger partial charge in [-0.3, -0.25) is 19.1 Å². The van der Waals surface area contributed by atoms with E-state index in [1.807, 2.05) is 108 Å². The second kappa shape index (κ2) is 15.9. The summed E-state index contributed by atoms with van der Waals surface area (Å²) in [6, 6.07) is 28.7. The first-order chi connectivity index (χ1) is 25.1. The Morgan fingerprint density at radius 1 is 0.804 bits per heavy atom. The van der Waals surface area contributed by atoms with E-state index in [1.165, 1.54) is 0 Å². The Kier molecular flexibility index (Phi) is 10.5. The van der Waals surface area contributed by atoms with Crippen LogP contribution in [-0.2, 0) is 0 Å². The number of hydrogen-bond donors (Lipinski definition) is 0. The Morgan fingerprint density at radius 2 is 1.55 bits per heavy atom. The lowest BCUT2D eigenvalue weighted by atomic mass is 10.1. The number of benzene rings is 4. The number of nitrogens with zero attached hydrogens (tertiary/aromatic N) is 4. The highest BCUT2D eigenvalue weighted by Gasteiger charge is 2.32. The molecule has 2 aliphatic rings. The van der Waals surface area contributed by atoms with E-state index in [-0.39, 0.29) is 17.5 Å². The maximum absolute atomic E-state index is 13.6. The summed E-state index contributed by atoms with van der Waals surface area (Å²) in [5.41, 5.74) is 3.51. The number of amides is 1. The van der Waals surface area contributed by atoms with Crippen LogP contribution in [0.5, 0.6) is 17.2 Å². The molecule has 5 aromatic rings. The molecule has 9 nitrogen and oxygen atoms in total. The van der Waals surface area contributed by atoms with Crippen molar-refractivity contribution in [1.82, 2.24) is 14.5 Å². The summed E-state index contributed by atoms with van der Waals surface area (Å²) in [6.07, 6.45) is 12.7. The third-order valence-electron chi connectivity index (χ3n) is 9.39. The fraction of sp³-hybridized carbons (Fsp3) is 0.286. The lowest BCUT2D eigenvalue weighted by Crippen LogP contribution is -2.35. The van der Waals surface area contributed by atoms with Crippen molar-refractivity contribution in [3.8, 4) is 22.9 Å². The normalized spacial score (nSPS) is 15.2. The second-order valence-corrected chi connectivity index (χ2v) is 12.8. The Balaban J connectivity index is 0.881. The van der Waals surface area contributed by atoms with Gasteiger partial charge in [0.2, 0.25) is 0 Å². The van der Waals surface area contributed by atoms with Crippen molar-refractivity contribution in [2.75, 3.05) is 26.9 Å². The molecule has 260 valence electrons. The third-order valence-corrected chi connectivity index (χ3v) is 9.39. The average Bonchev–Trinajstić information content (AvgIpc) is 3.60. The summed E-state index contributed by atoms with van der Waals surface area (Å²) < 4.78 is 19.3. The van der Waals surface area contributed by atoms with Crippen LogP contribution in [0.2, 0.25) is 0 Å². The number of carbonyl (C=O) groups excluding carboxylic acids is 1. The largest absolute Gasteiger partial charge is 0.494 e. The van der Waals surface area contributed by atoms with Crippen LogP contribution in [0.25, 0.3) is 28.7 Å². The minimum atomic E-state index is -0.115. The standard InChI is InChI=1S/C42H42N4O5/c1-49-38-27-35-37(43-29-32-15-12-24-45(32)41(35)47)28-39(38)51-26-11-4-2-3-10-25-50-33-21-19-31(20-22-33)46-40(23-18-30-13-6-5-7-14-30)44-36-17-9-8-16-34(36)42(46)48/h5-9,13-14,16-23,27-29,32H,2-4,10-12,15,24-26H2,1H3/b23-18+/t32-/m0/s1. The smallest absolute Gasteiger partial charge is 0.266 e. The van der Waals surface area contributed by atoms with Gasteiger partial charge < -0.3 is 19.1 Å². The summed E-state index contributed by atoms with van der Waals surface area (Å²) >= 11 is 0. The number of aromatic nitrogens is 2. The Labute approximate surface area is 297 Å². The molecule has 1 amide bonds. The molecule has 1 saturated heterocycles. The summed E-state index contributed by atoms with van der Waals surface area (Å²) in [4.78, 5) is 38.0. The number of ether oxygens (including phenoxy) is 3. The highest BCUT2D eigenvalue weighted by molar-refractivity contribution is 6.03. The summed E-state index contributed by atoms with van der Waals surface area (Å²) in [7, 11) is 1.60. The quantitative estimate of drug-likeness (QED) is 0.109. The van der Waals surface area contributed by atoms with Gasteiger partial charge in [-0.2, -0.15) is 0 Å². The molecular weight excluding hydrogens is 640 g/mol. The van der Waals surface area contributed by atoms with Crippen LogP contribution in [-0.4, -0.2) is 59.5 Å². The average molecular weight is 683 g/mol. The van der Waals surface area contributed by atoms with Crippen LogP contribution >= 0.6 is 0 Å². The van der Waals surface area contributed by atoms with Crippen molar-refractivity contribution in [3.63, 3.8) is 0 Å². The summed E-state index contributed by atoms with van der Waals surface area (Å²) in [6.45, 7) is 1.93. The molecule has 0 bridgehead atoms.